The summed E-state index contributed by atoms with van der Waals surface area (Å²) in [5.74, 6) is 0. The molecule has 0 aliphatic rings. The second-order valence-corrected chi connectivity index (χ2v) is 3.27. The number of aldehydes is 1. The van der Waals surface area contributed by atoms with E-state index < -0.39 is 0 Å². The van der Waals surface area contributed by atoms with Gasteiger partial charge in [-0.15, -0.1) is 0 Å². The molecular formula is C12H12N2O. The van der Waals surface area contributed by atoms with Crippen LogP contribution in [0, 0.1) is 0 Å². The van der Waals surface area contributed by atoms with E-state index in [1.165, 1.54) is 0 Å². The van der Waals surface area contributed by atoms with Gasteiger partial charge >= 0.3 is 0 Å². The van der Waals surface area contributed by atoms with E-state index in [0.29, 0.717) is 12.1 Å². The third-order valence-corrected chi connectivity index (χ3v) is 2.33. The molecule has 1 aromatic carbocycles. The summed E-state index contributed by atoms with van der Waals surface area (Å²) >= 11 is 0. The van der Waals surface area contributed by atoms with Gasteiger partial charge in [-0.2, -0.15) is 0 Å². The van der Waals surface area contributed by atoms with Crippen LogP contribution in [0.4, 0.5) is 0 Å². The van der Waals surface area contributed by atoms with Crippen LogP contribution in [0.15, 0.2) is 30.5 Å². The molecular weight excluding hydrogens is 188 g/mol. The van der Waals surface area contributed by atoms with Crippen molar-refractivity contribution in [3.8, 4) is 0 Å². The number of aromatic nitrogens is 1. The number of carbonyl (C=O) groups excluding carboxylic acids is 1. The first-order valence-corrected chi connectivity index (χ1v) is 4.78. The first-order valence-electron chi connectivity index (χ1n) is 4.78. The number of nitrogens with two attached hydrogens (primary N) is 1. The molecule has 0 unspecified atom stereocenters. The predicted octanol–water partition coefficient (Wildman–Crippen LogP) is 1.95. The lowest BCUT2D eigenvalue weighted by Crippen LogP contribution is -1.92. The maximum Gasteiger partial charge on any atom is 0.152 e. The van der Waals surface area contributed by atoms with Crippen LogP contribution in [0.2, 0.25) is 0 Å². The summed E-state index contributed by atoms with van der Waals surface area (Å²) in [7, 11) is 0. The van der Waals surface area contributed by atoms with Crippen molar-refractivity contribution in [1.82, 2.24) is 4.98 Å². The van der Waals surface area contributed by atoms with Gasteiger partial charge in [-0.05, 0) is 11.6 Å². The molecule has 2 aromatic rings. The van der Waals surface area contributed by atoms with Gasteiger partial charge in [0.2, 0.25) is 0 Å². The SMILES string of the molecule is NCC=Cc1cccc2[nH]cc(C=O)c12. The number of H-pyrrole nitrogens is 1. The van der Waals surface area contributed by atoms with Gasteiger partial charge in [0.1, 0.15) is 0 Å². The fourth-order valence-electron chi connectivity index (χ4n) is 1.67. The lowest BCUT2D eigenvalue weighted by atomic mass is 10.1. The van der Waals surface area contributed by atoms with E-state index in [1.54, 1.807) is 6.20 Å². The largest absolute Gasteiger partial charge is 0.360 e. The maximum atomic E-state index is 10.8. The number of fused-ring (bicyclic) bond motifs is 1. The monoisotopic (exact) mass is 200 g/mol. The Morgan fingerprint density at radius 3 is 2.93 bits per heavy atom. The molecule has 1 heterocycles. The predicted molar refractivity (Wildman–Crippen MR) is 61.8 cm³/mol. The van der Waals surface area contributed by atoms with Gasteiger partial charge in [0, 0.05) is 29.2 Å². The Kier molecular flexibility index (Phi) is 2.65. The zero-order valence-corrected chi connectivity index (χ0v) is 8.23. The smallest absolute Gasteiger partial charge is 0.152 e. The van der Waals surface area contributed by atoms with Crippen LogP contribution in [0.3, 0.4) is 0 Å². The average Bonchev–Trinajstić information content (AvgIpc) is 2.69. The minimum atomic E-state index is 0.497. The van der Waals surface area contributed by atoms with Crippen molar-refractivity contribution in [3.63, 3.8) is 0 Å². The molecule has 0 fully saturated rings. The molecule has 76 valence electrons. The molecule has 0 radical (unpaired) electrons. The van der Waals surface area contributed by atoms with E-state index in [-0.39, 0.29) is 0 Å². The second kappa shape index (κ2) is 4.11. The van der Waals surface area contributed by atoms with Crippen LogP contribution < -0.4 is 5.73 Å². The summed E-state index contributed by atoms with van der Waals surface area (Å²) in [6.07, 6.45) is 6.38. The molecule has 2 rings (SSSR count). The molecule has 0 saturated heterocycles. The number of hydrogen-bond donors (Lipinski definition) is 2. The summed E-state index contributed by atoms with van der Waals surface area (Å²) in [6, 6.07) is 5.86. The van der Waals surface area contributed by atoms with Crippen molar-refractivity contribution in [2.75, 3.05) is 6.54 Å². The molecule has 0 aliphatic carbocycles. The first kappa shape index (κ1) is 9.68. The lowest BCUT2D eigenvalue weighted by molar-refractivity contribution is 0.112. The Labute approximate surface area is 87.6 Å². The van der Waals surface area contributed by atoms with Crippen LogP contribution in [0.25, 0.3) is 17.0 Å². The minimum Gasteiger partial charge on any atom is -0.360 e. The molecule has 3 nitrogen and oxygen atoms in total. The molecule has 0 amide bonds. The molecule has 0 saturated carbocycles. The van der Waals surface area contributed by atoms with Gasteiger partial charge in [-0.3, -0.25) is 4.79 Å². The molecule has 3 N–H and O–H groups in total. The van der Waals surface area contributed by atoms with E-state index in [4.69, 9.17) is 5.73 Å². The van der Waals surface area contributed by atoms with Gasteiger partial charge in [0.25, 0.3) is 0 Å². The molecule has 0 bridgehead atoms. The van der Waals surface area contributed by atoms with E-state index in [1.807, 2.05) is 30.4 Å². The van der Waals surface area contributed by atoms with Crippen LogP contribution in [0.1, 0.15) is 15.9 Å². The van der Waals surface area contributed by atoms with Gasteiger partial charge in [-0.1, -0.05) is 24.3 Å². The number of nitrogens with one attached hydrogen (secondary N) is 1. The highest BCUT2D eigenvalue weighted by atomic mass is 16.1. The van der Waals surface area contributed by atoms with E-state index in [0.717, 1.165) is 22.8 Å². The topological polar surface area (TPSA) is 58.9 Å². The van der Waals surface area contributed by atoms with Crippen molar-refractivity contribution >= 4 is 23.3 Å². The number of benzene rings is 1. The number of hydrogen-bond acceptors (Lipinski definition) is 2. The fourth-order valence-corrected chi connectivity index (χ4v) is 1.67. The van der Waals surface area contributed by atoms with E-state index in [9.17, 15) is 4.79 Å². The van der Waals surface area contributed by atoms with Crippen molar-refractivity contribution in [2.24, 2.45) is 5.73 Å². The zero-order valence-electron chi connectivity index (χ0n) is 8.23. The Balaban J connectivity index is 2.66. The average molecular weight is 200 g/mol. The normalized spacial score (nSPS) is 11.3. The Morgan fingerprint density at radius 1 is 1.33 bits per heavy atom. The molecule has 0 aliphatic heterocycles. The van der Waals surface area contributed by atoms with Gasteiger partial charge in [0.15, 0.2) is 6.29 Å². The van der Waals surface area contributed by atoms with Crippen molar-refractivity contribution in [3.05, 3.63) is 41.6 Å². The highest BCUT2D eigenvalue weighted by Gasteiger charge is 2.04. The number of rotatable bonds is 3. The quantitative estimate of drug-likeness (QED) is 0.744. The fraction of sp³-hybridized carbons (Fsp3) is 0.0833. The maximum absolute atomic E-state index is 10.8. The highest BCUT2D eigenvalue weighted by Crippen LogP contribution is 2.22. The summed E-state index contributed by atoms with van der Waals surface area (Å²) in [5, 5.41) is 0.956. The lowest BCUT2D eigenvalue weighted by Gasteiger charge is -1.97. The van der Waals surface area contributed by atoms with Gasteiger partial charge in [-0.25, -0.2) is 0 Å². The standard InChI is InChI=1S/C12H12N2O/c13-6-2-4-9-3-1-5-11-12(9)10(8-15)7-14-11/h1-5,7-8,14H,6,13H2. The summed E-state index contributed by atoms with van der Waals surface area (Å²) in [6.45, 7) is 0.497. The summed E-state index contributed by atoms with van der Waals surface area (Å²) in [4.78, 5) is 13.9. The van der Waals surface area contributed by atoms with Crippen molar-refractivity contribution in [2.45, 2.75) is 0 Å². The minimum absolute atomic E-state index is 0.497. The molecule has 1 aromatic heterocycles. The van der Waals surface area contributed by atoms with Crippen LogP contribution in [-0.4, -0.2) is 17.8 Å². The molecule has 0 spiro atoms. The zero-order chi connectivity index (χ0) is 10.7. The third kappa shape index (κ3) is 1.69. The highest BCUT2D eigenvalue weighted by molar-refractivity contribution is 6.01. The third-order valence-electron chi connectivity index (χ3n) is 2.33. The van der Waals surface area contributed by atoms with Crippen molar-refractivity contribution < 1.29 is 4.79 Å². The Morgan fingerprint density at radius 2 is 2.20 bits per heavy atom. The number of aromatic amines is 1. The summed E-state index contributed by atoms with van der Waals surface area (Å²) in [5.41, 5.74) is 8.07. The van der Waals surface area contributed by atoms with E-state index >= 15 is 0 Å². The van der Waals surface area contributed by atoms with Crippen molar-refractivity contribution in [1.29, 1.82) is 0 Å². The molecule has 15 heavy (non-hydrogen) atoms. The first-order chi connectivity index (χ1) is 7.36. The van der Waals surface area contributed by atoms with Crippen LogP contribution in [-0.2, 0) is 0 Å². The second-order valence-electron chi connectivity index (χ2n) is 3.27. The van der Waals surface area contributed by atoms with Gasteiger partial charge in [0.05, 0.1) is 0 Å². The Bertz CT molecular complexity index is 511. The Hall–Kier alpha value is -1.87. The number of carbonyl (C=O) groups is 1. The molecule has 3 heteroatoms. The van der Waals surface area contributed by atoms with Crippen LogP contribution in [0.5, 0.6) is 0 Å². The van der Waals surface area contributed by atoms with Gasteiger partial charge < -0.3 is 10.7 Å². The van der Waals surface area contributed by atoms with E-state index in [2.05, 4.69) is 4.98 Å². The molecule has 0 atom stereocenters. The summed E-state index contributed by atoms with van der Waals surface area (Å²) < 4.78 is 0. The van der Waals surface area contributed by atoms with Crippen LogP contribution >= 0.6 is 0 Å².